The van der Waals surface area contributed by atoms with Gasteiger partial charge in [-0.1, -0.05) is 0 Å². The average Bonchev–Trinajstić information content (AvgIpc) is 2.81. The number of fused-ring (bicyclic) bond motifs is 2. The topological polar surface area (TPSA) is 145 Å². The van der Waals surface area contributed by atoms with Crippen LogP contribution in [0.15, 0.2) is 40.3 Å². The van der Waals surface area contributed by atoms with Crippen LogP contribution in [0.25, 0.3) is 0 Å². The second-order valence-electron chi connectivity index (χ2n) is 14.6. The number of benzene rings is 1. The van der Waals surface area contributed by atoms with Gasteiger partial charge in [-0.15, -0.1) is 10.8 Å². The largest absolute Gasteiger partial charge is 0.646 e. The van der Waals surface area contributed by atoms with E-state index in [1.54, 1.807) is 78.6 Å². The maximum atomic E-state index is 14.1. The van der Waals surface area contributed by atoms with Crippen molar-refractivity contribution in [3.8, 4) is 0 Å². The van der Waals surface area contributed by atoms with Crippen molar-refractivity contribution >= 4 is 78.6 Å². The zero-order valence-electron chi connectivity index (χ0n) is 27.4. The molecule has 44 heavy (non-hydrogen) atoms. The van der Waals surface area contributed by atoms with Crippen LogP contribution in [0, 0.1) is 5.92 Å². The van der Waals surface area contributed by atoms with E-state index in [1.807, 2.05) is 0 Å². The van der Waals surface area contributed by atoms with Crippen molar-refractivity contribution in [1.82, 2.24) is 0 Å². The van der Waals surface area contributed by atoms with Crippen LogP contribution in [0.5, 0.6) is 0 Å². The monoisotopic (exact) mass is 694 g/mol. The highest BCUT2D eigenvalue weighted by Crippen LogP contribution is 2.36. The molecule has 10 nitrogen and oxygen atoms in total. The first-order chi connectivity index (χ1) is 19.8. The molecule has 2 unspecified atom stereocenters. The Bertz CT molecular complexity index is 1550. The van der Waals surface area contributed by atoms with Gasteiger partial charge in [-0.25, -0.2) is 19.2 Å². The zero-order valence-corrected chi connectivity index (χ0v) is 32.3. The van der Waals surface area contributed by atoms with E-state index in [0.29, 0.717) is 0 Å². The summed E-state index contributed by atoms with van der Waals surface area (Å²) in [5, 5.41) is 0. The highest BCUT2D eigenvalue weighted by molar-refractivity contribution is 7.91. The smallest absolute Gasteiger partial charge is 0.325 e. The fourth-order valence-electron chi connectivity index (χ4n) is 4.33. The molecular weight excluding hydrogens is 653 g/mol. The summed E-state index contributed by atoms with van der Waals surface area (Å²) in [6, 6.07) is 2.49. The summed E-state index contributed by atoms with van der Waals surface area (Å²) in [6.45, 7) is 21.7. The van der Waals surface area contributed by atoms with Crippen molar-refractivity contribution in [2.45, 2.75) is 83.5 Å². The Morgan fingerprint density at radius 2 is 1.02 bits per heavy atom. The maximum Gasteiger partial charge on any atom is 0.325 e. The Morgan fingerprint density at radius 3 is 1.45 bits per heavy atom. The standard InChI is InChI=1S/C29H42O10SSi4/c1-41(2,3)36-26(31)17-13-21-23(15-19(17)28(33)38-43(7,8)9)40(35)24-16-20(29(34)39-44(10,11)12)18(14-22(24)25(21)30)27(32)37-42(4,5)6/h13-16,21,40H,1-12H3. The lowest BCUT2D eigenvalue weighted by molar-refractivity contribution is -0.134. The minimum absolute atomic E-state index is 0.0269. The summed E-state index contributed by atoms with van der Waals surface area (Å²) in [7, 11) is -12.2. The third-order valence-electron chi connectivity index (χ3n) is 5.85. The summed E-state index contributed by atoms with van der Waals surface area (Å²) < 4.78 is 36.8. The summed E-state index contributed by atoms with van der Waals surface area (Å²) in [4.78, 5) is 67.4. The first-order valence-electron chi connectivity index (χ1n) is 14.2. The van der Waals surface area contributed by atoms with Gasteiger partial charge in [0.25, 0.3) is 0 Å². The van der Waals surface area contributed by atoms with E-state index in [9.17, 15) is 28.5 Å². The van der Waals surface area contributed by atoms with Gasteiger partial charge in [0.1, 0.15) is 15.7 Å². The Balaban J connectivity index is 2.30. The van der Waals surface area contributed by atoms with E-state index in [4.69, 9.17) is 17.7 Å². The Labute approximate surface area is 265 Å². The second kappa shape index (κ2) is 12.2. The molecule has 0 radical (unpaired) electrons. The first-order valence-corrected chi connectivity index (χ1v) is 29.1. The molecule has 0 aromatic heterocycles. The van der Waals surface area contributed by atoms with Crippen LogP contribution in [0.4, 0.5) is 0 Å². The van der Waals surface area contributed by atoms with Gasteiger partial charge >= 0.3 is 23.9 Å². The number of carbonyl (C=O) groups is 5. The van der Waals surface area contributed by atoms with Crippen LogP contribution in [0.1, 0.15) is 31.1 Å². The molecule has 0 N–H and O–H groups in total. The highest BCUT2D eigenvalue weighted by atomic mass is 32.2. The number of ketones is 1. The molecule has 0 fully saturated rings. The molecule has 1 aliphatic carbocycles. The van der Waals surface area contributed by atoms with Crippen molar-refractivity contribution in [1.29, 1.82) is 0 Å². The van der Waals surface area contributed by atoms with Crippen LogP contribution in [-0.2, 0) is 38.1 Å². The molecule has 0 saturated heterocycles. The lowest BCUT2D eigenvalue weighted by Gasteiger charge is -2.30. The quantitative estimate of drug-likeness (QED) is 0.156. The van der Waals surface area contributed by atoms with Crippen molar-refractivity contribution in [3.63, 3.8) is 0 Å². The minimum Gasteiger partial charge on any atom is -0.646 e. The number of hydrogen-bond acceptors (Lipinski definition) is 10. The summed E-state index contributed by atoms with van der Waals surface area (Å²) >= 11 is 0. The fraction of sp³-hybridized carbons (Fsp3) is 0.448. The van der Waals surface area contributed by atoms with Crippen molar-refractivity contribution < 1.29 is 46.2 Å². The molecule has 2 atom stereocenters. The van der Waals surface area contributed by atoms with Gasteiger partial charge in [-0.2, -0.15) is 0 Å². The van der Waals surface area contributed by atoms with Gasteiger partial charge in [0.2, 0.25) is 33.3 Å². The number of rotatable bonds is 8. The summed E-state index contributed by atoms with van der Waals surface area (Å²) in [5.74, 6) is -4.85. The van der Waals surface area contributed by atoms with Crippen LogP contribution in [0.3, 0.4) is 0 Å². The average molecular weight is 695 g/mol. The lowest BCUT2D eigenvalue weighted by Crippen LogP contribution is -2.39. The van der Waals surface area contributed by atoms with E-state index in [-0.39, 0.29) is 37.6 Å². The zero-order chi connectivity index (χ0) is 33.7. The Hall–Kier alpha value is -2.70. The van der Waals surface area contributed by atoms with Crippen molar-refractivity contribution in [3.05, 3.63) is 52.1 Å². The molecule has 1 aromatic carbocycles. The predicted octanol–water partition coefficient (Wildman–Crippen LogP) is 5.12. The molecule has 1 aromatic rings. The number of Topliss-reactive ketones (excluding diaryl/α,β-unsaturated/α-hetero) is 1. The van der Waals surface area contributed by atoms with E-state index < -0.39 is 79.6 Å². The molecule has 0 spiro atoms. The van der Waals surface area contributed by atoms with Gasteiger partial charge < -0.3 is 22.3 Å². The van der Waals surface area contributed by atoms with Crippen LogP contribution in [-0.4, -0.2) is 72.3 Å². The maximum absolute atomic E-state index is 14.1. The van der Waals surface area contributed by atoms with Crippen LogP contribution < -0.4 is 0 Å². The molecule has 1 heterocycles. The van der Waals surface area contributed by atoms with Gasteiger partial charge in [0, 0.05) is 12.1 Å². The predicted molar refractivity (Wildman–Crippen MR) is 180 cm³/mol. The number of hydrogen-bond donors (Lipinski definition) is 0. The van der Waals surface area contributed by atoms with Crippen LogP contribution >= 0.6 is 0 Å². The van der Waals surface area contributed by atoms with E-state index in [0.717, 1.165) is 0 Å². The first kappa shape index (κ1) is 35.8. The molecule has 0 amide bonds. The molecular formula is C29H42O10SSi4. The molecule has 2 aliphatic rings. The minimum atomic E-state index is -2.53. The van der Waals surface area contributed by atoms with Crippen molar-refractivity contribution in [2.75, 3.05) is 0 Å². The fourth-order valence-corrected chi connectivity index (χ4v) is 8.60. The Kier molecular flexibility index (Phi) is 9.95. The molecule has 3 rings (SSSR count). The van der Waals surface area contributed by atoms with E-state index >= 15 is 0 Å². The molecule has 0 bridgehead atoms. The number of allylic oxidation sites excluding steroid dienone is 2. The number of carbonyl (C=O) groups excluding carboxylic acids is 5. The second-order valence-corrected chi connectivity index (χ2v) is 33.9. The normalized spacial score (nSPS) is 18.8. The lowest BCUT2D eigenvalue weighted by atomic mass is 9.84. The molecule has 240 valence electrons. The van der Waals surface area contributed by atoms with Crippen LogP contribution in [0.2, 0.25) is 78.6 Å². The third-order valence-corrected chi connectivity index (χ3v) is 10.7. The summed E-state index contributed by atoms with van der Waals surface area (Å²) in [6.07, 6.45) is 2.57. The van der Waals surface area contributed by atoms with Gasteiger partial charge in [0.05, 0.1) is 27.8 Å². The summed E-state index contributed by atoms with van der Waals surface area (Å²) in [5.41, 5.74) is -0.642. The Morgan fingerprint density at radius 1 is 0.636 bits per heavy atom. The number of thiol groups is 1. The van der Waals surface area contributed by atoms with Crippen molar-refractivity contribution in [2.24, 2.45) is 5.92 Å². The van der Waals surface area contributed by atoms with E-state index in [1.165, 1.54) is 24.3 Å². The van der Waals surface area contributed by atoms with Gasteiger partial charge in [0.15, 0.2) is 5.78 Å². The van der Waals surface area contributed by atoms with E-state index in [2.05, 4.69) is 0 Å². The van der Waals surface area contributed by atoms with Gasteiger partial charge in [-0.3, -0.25) is 4.79 Å². The highest BCUT2D eigenvalue weighted by Gasteiger charge is 2.43. The molecule has 15 heteroatoms. The third kappa shape index (κ3) is 8.72. The van der Waals surface area contributed by atoms with Gasteiger partial charge in [-0.05, 0) is 90.7 Å². The molecule has 1 aliphatic heterocycles. The molecule has 0 saturated carbocycles. The SMILES string of the molecule is C[Si](C)(C)OC(=O)C1=CC2=[SH+]([O-])c3cc(C(=O)O[Si](C)(C)C)c(C(=O)O[Si](C)(C)C)cc3C(=O)C2C=C1C(=O)O[Si](C)(C)C.